The van der Waals surface area contributed by atoms with Gasteiger partial charge in [-0.3, -0.25) is 19.2 Å². The molecule has 1 aromatic carbocycles. The van der Waals surface area contributed by atoms with Crippen molar-refractivity contribution in [3.05, 3.63) is 36.0 Å². The molecule has 0 bridgehead atoms. The van der Waals surface area contributed by atoms with Crippen LogP contribution in [0.15, 0.2) is 30.5 Å². The van der Waals surface area contributed by atoms with E-state index < -0.39 is 41.8 Å². The van der Waals surface area contributed by atoms with Crippen LogP contribution in [-0.4, -0.2) is 63.9 Å². The van der Waals surface area contributed by atoms with Crippen molar-refractivity contribution in [1.29, 1.82) is 0 Å². The molecule has 10 nitrogen and oxygen atoms in total. The van der Waals surface area contributed by atoms with E-state index >= 15 is 0 Å². The maximum Gasteiger partial charge on any atom is 0.300 e. The van der Waals surface area contributed by atoms with Gasteiger partial charge in [0.1, 0.15) is 12.1 Å². The molecule has 2 rings (SSSR count). The number of benzene rings is 1. The summed E-state index contributed by atoms with van der Waals surface area (Å²) in [5, 5.41) is 13.9. The minimum Gasteiger partial charge on any atom is -0.481 e. The molecule has 11 heteroatoms. The smallest absolute Gasteiger partial charge is 0.300 e. The third kappa shape index (κ3) is 10.8. The monoisotopic (exact) mass is 507 g/mol. The van der Waals surface area contributed by atoms with Gasteiger partial charge >= 0.3 is 0 Å². The van der Waals surface area contributed by atoms with Gasteiger partial charge in [-0.1, -0.05) is 32.0 Å². The van der Waals surface area contributed by atoms with Crippen LogP contribution in [0.2, 0.25) is 0 Å². The van der Waals surface area contributed by atoms with E-state index in [-0.39, 0.29) is 5.92 Å². The molecule has 0 unspecified atom stereocenters. The number of thioether (sulfide) groups is 1. The molecule has 0 saturated heterocycles. The number of carbonyl (C=O) groups excluding carboxylic acids is 3. The maximum absolute atomic E-state index is 12.8. The standard InChI is InChI=1S/C22H33N5O3S.C2H4O2/c1-13(2)10-19(22(30)26-18(20(24)28)8-9-31-3)27-21(29)16(23)11-14-12-25-17-7-5-4-6-15(14)17;1-2(3)4/h4-7,12-13,16,18-19,25H,8-11,23H2,1-3H3,(H2,24,28)(H,26,30)(H,27,29);1H3,(H,3,4)/t16-,18+,19+;/m1./s1. The number of aliphatic carboxylic acids is 1. The molecule has 3 amide bonds. The lowest BCUT2D eigenvalue weighted by atomic mass is 10.0. The van der Waals surface area contributed by atoms with Crippen LogP contribution in [0.25, 0.3) is 10.9 Å². The van der Waals surface area contributed by atoms with E-state index in [0.29, 0.717) is 25.0 Å². The number of nitrogens with one attached hydrogen (secondary N) is 3. The topological polar surface area (TPSA) is 180 Å². The minimum atomic E-state index is -0.833. The molecule has 8 N–H and O–H groups in total. The van der Waals surface area contributed by atoms with Crippen molar-refractivity contribution in [2.24, 2.45) is 17.4 Å². The van der Waals surface area contributed by atoms with E-state index in [2.05, 4.69) is 15.6 Å². The quantitative estimate of drug-likeness (QED) is 0.251. The molecule has 35 heavy (non-hydrogen) atoms. The Bertz CT molecular complexity index is 990. The van der Waals surface area contributed by atoms with Gasteiger partial charge in [0.15, 0.2) is 0 Å². The maximum atomic E-state index is 12.8. The van der Waals surface area contributed by atoms with Gasteiger partial charge in [-0.2, -0.15) is 11.8 Å². The van der Waals surface area contributed by atoms with Crippen molar-refractivity contribution in [3.8, 4) is 0 Å². The predicted molar refractivity (Wildman–Crippen MR) is 139 cm³/mol. The summed E-state index contributed by atoms with van der Waals surface area (Å²) in [4.78, 5) is 49.5. The predicted octanol–water partition coefficient (Wildman–Crippen LogP) is 1.38. The number of carbonyl (C=O) groups is 4. The Kier molecular flexibility index (Phi) is 12.9. The fourth-order valence-corrected chi connectivity index (χ4v) is 3.88. The van der Waals surface area contributed by atoms with E-state index in [0.717, 1.165) is 23.4 Å². The highest BCUT2D eigenvalue weighted by atomic mass is 32.2. The highest BCUT2D eigenvalue weighted by Gasteiger charge is 2.28. The first-order valence-corrected chi connectivity index (χ1v) is 12.7. The summed E-state index contributed by atoms with van der Waals surface area (Å²) in [5.41, 5.74) is 13.5. The van der Waals surface area contributed by atoms with Crippen molar-refractivity contribution < 1.29 is 24.3 Å². The zero-order valence-electron chi connectivity index (χ0n) is 20.7. The second kappa shape index (κ2) is 15.0. The fraction of sp³-hybridized carbons (Fsp3) is 0.500. The van der Waals surface area contributed by atoms with Gasteiger partial charge in [-0.15, -0.1) is 0 Å². The zero-order chi connectivity index (χ0) is 26.5. The number of primary amides is 1. The van der Waals surface area contributed by atoms with E-state index in [1.54, 1.807) is 11.8 Å². The number of aromatic amines is 1. The molecular weight excluding hydrogens is 470 g/mol. The highest BCUT2D eigenvalue weighted by molar-refractivity contribution is 7.98. The summed E-state index contributed by atoms with van der Waals surface area (Å²) in [6, 6.07) is 5.41. The van der Waals surface area contributed by atoms with Gasteiger partial charge in [0, 0.05) is 24.0 Å². The average Bonchev–Trinajstić information content (AvgIpc) is 3.17. The Labute approximate surface area is 210 Å². The summed E-state index contributed by atoms with van der Waals surface area (Å²) in [6.45, 7) is 5.00. The third-order valence-corrected chi connectivity index (χ3v) is 5.71. The van der Waals surface area contributed by atoms with Gasteiger partial charge in [-0.05, 0) is 48.8 Å². The van der Waals surface area contributed by atoms with Crippen LogP contribution < -0.4 is 22.1 Å². The Morgan fingerprint density at radius 2 is 1.69 bits per heavy atom. The Hall–Kier alpha value is -3.05. The van der Waals surface area contributed by atoms with Gasteiger partial charge < -0.3 is 32.2 Å². The lowest BCUT2D eigenvalue weighted by Crippen LogP contribution is -2.56. The van der Waals surface area contributed by atoms with Crippen LogP contribution in [0.1, 0.15) is 39.2 Å². The number of amides is 3. The zero-order valence-corrected chi connectivity index (χ0v) is 21.5. The number of nitrogens with two attached hydrogens (primary N) is 2. The number of H-pyrrole nitrogens is 1. The molecule has 0 saturated carbocycles. The normalized spacial score (nSPS) is 13.3. The highest BCUT2D eigenvalue weighted by Crippen LogP contribution is 2.19. The number of hydrogen-bond acceptors (Lipinski definition) is 6. The van der Waals surface area contributed by atoms with E-state index in [1.807, 2.05) is 50.6 Å². The third-order valence-electron chi connectivity index (χ3n) is 5.06. The average molecular weight is 508 g/mol. The minimum absolute atomic E-state index is 0.152. The van der Waals surface area contributed by atoms with Gasteiger partial charge in [0.2, 0.25) is 17.7 Å². The van der Waals surface area contributed by atoms with Gasteiger partial charge in [-0.25, -0.2) is 0 Å². The largest absolute Gasteiger partial charge is 0.481 e. The Morgan fingerprint density at radius 3 is 2.26 bits per heavy atom. The van der Waals surface area contributed by atoms with Crippen LogP contribution in [-0.2, 0) is 25.6 Å². The lowest BCUT2D eigenvalue weighted by Gasteiger charge is -2.24. The van der Waals surface area contributed by atoms with Crippen LogP contribution in [0, 0.1) is 5.92 Å². The Balaban J connectivity index is 0.00000142. The molecule has 3 atom stereocenters. The van der Waals surface area contributed by atoms with E-state index in [9.17, 15) is 14.4 Å². The number of para-hydroxylation sites is 1. The second-order valence-corrected chi connectivity index (χ2v) is 9.61. The number of hydrogen-bond donors (Lipinski definition) is 6. The van der Waals surface area contributed by atoms with Crippen LogP contribution >= 0.6 is 11.8 Å². The van der Waals surface area contributed by atoms with Gasteiger partial charge in [0.05, 0.1) is 6.04 Å². The lowest BCUT2D eigenvalue weighted by molar-refractivity contribution is -0.134. The van der Waals surface area contributed by atoms with Crippen LogP contribution in [0.4, 0.5) is 0 Å². The molecule has 0 radical (unpaired) electrons. The molecule has 1 aromatic heterocycles. The summed E-state index contributed by atoms with van der Waals surface area (Å²) in [6.07, 6.45) is 4.95. The number of aromatic nitrogens is 1. The molecule has 194 valence electrons. The number of rotatable bonds is 12. The second-order valence-electron chi connectivity index (χ2n) is 8.62. The summed E-state index contributed by atoms with van der Waals surface area (Å²) >= 11 is 1.56. The molecule has 0 aliphatic rings. The molecule has 1 heterocycles. The SMILES string of the molecule is CC(=O)O.CSCC[C@H](NC(=O)[C@H](CC(C)C)NC(=O)[C@H](N)Cc1c[nH]c2ccccc12)C(N)=O. The van der Waals surface area contributed by atoms with Gasteiger partial charge in [0.25, 0.3) is 5.97 Å². The summed E-state index contributed by atoms with van der Waals surface area (Å²) < 4.78 is 0. The van der Waals surface area contributed by atoms with E-state index in [1.165, 1.54) is 0 Å². The van der Waals surface area contributed by atoms with Crippen molar-refractivity contribution in [2.45, 2.75) is 58.2 Å². The van der Waals surface area contributed by atoms with E-state index in [4.69, 9.17) is 21.4 Å². The first-order valence-electron chi connectivity index (χ1n) is 11.3. The van der Waals surface area contributed by atoms with Crippen molar-refractivity contribution in [1.82, 2.24) is 15.6 Å². The number of fused-ring (bicyclic) bond motifs is 1. The Morgan fingerprint density at radius 1 is 1.09 bits per heavy atom. The molecular formula is C24H37N5O5S. The summed E-state index contributed by atoms with van der Waals surface area (Å²) in [7, 11) is 0. The first-order chi connectivity index (χ1) is 16.5. The molecule has 0 aliphatic heterocycles. The summed E-state index contributed by atoms with van der Waals surface area (Å²) in [5.74, 6) is -1.42. The number of carboxylic acids is 1. The van der Waals surface area contributed by atoms with Crippen LogP contribution in [0.3, 0.4) is 0 Å². The van der Waals surface area contributed by atoms with Crippen molar-refractivity contribution >= 4 is 46.4 Å². The van der Waals surface area contributed by atoms with Crippen LogP contribution in [0.5, 0.6) is 0 Å². The fourth-order valence-electron chi connectivity index (χ4n) is 3.41. The molecule has 0 fully saturated rings. The molecule has 2 aromatic rings. The number of carboxylic acid groups (broad SMARTS) is 1. The van der Waals surface area contributed by atoms with Crippen molar-refractivity contribution in [3.63, 3.8) is 0 Å². The molecule has 0 spiro atoms. The molecule has 0 aliphatic carbocycles. The first kappa shape index (κ1) is 30.0. The van der Waals surface area contributed by atoms with Crippen molar-refractivity contribution in [2.75, 3.05) is 12.0 Å².